The maximum atomic E-state index is 12.3. The Kier molecular flexibility index (Phi) is 3.75. The molecule has 0 radical (unpaired) electrons. The van der Waals surface area contributed by atoms with Gasteiger partial charge in [-0.2, -0.15) is 0 Å². The van der Waals surface area contributed by atoms with E-state index in [0.29, 0.717) is 6.54 Å². The molecule has 0 aromatic heterocycles. The number of benzene rings is 2. The third kappa shape index (κ3) is 2.32. The summed E-state index contributed by atoms with van der Waals surface area (Å²) in [7, 11) is 0. The number of anilines is 1. The summed E-state index contributed by atoms with van der Waals surface area (Å²) in [6.45, 7) is 6.75. The number of carbonyl (C=O) groups is 1. The predicted molar refractivity (Wildman–Crippen MR) is 90.1 cm³/mol. The Morgan fingerprint density at radius 2 is 1.77 bits per heavy atom. The van der Waals surface area contributed by atoms with Crippen LogP contribution in [0.1, 0.15) is 48.1 Å². The number of likely N-dealkylation sites (N-methyl/N-ethyl adjacent to an activating group) is 1. The lowest BCUT2D eigenvalue weighted by molar-refractivity contribution is -0.118. The number of aryl methyl sites for hydroxylation is 1. The van der Waals surface area contributed by atoms with Crippen LogP contribution in [0.2, 0.25) is 0 Å². The Labute approximate surface area is 131 Å². The van der Waals surface area contributed by atoms with E-state index in [1.165, 1.54) is 5.56 Å². The minimum atomic E-state index is -0.163. The van der Waals surface area contributed by atoms with Crippen molar-refractivity contribution in [2.24, 2.45) is 5.73 Å². The van der Waals surface area contributed by atoms with Gasteiger partial charge < -0.3 is 10.6 Å². The standard InChI is InChI=1S/C19H22N2O/c1-4-21-17-10-9-15(11-16(17)13(3)19(21)22)18(20)14-7-5-12(2)6-8-14/h5-11,13,18H,4,20H2,1-3H3. The van der Waals surface area contributed by atoms with Crippen LogP contribution in [0.15, 0.2) is 42.5 Å². The molecule has 1 amide bonds. The van der Waals surface area contributed by atoms with Crippen LogP contribution in [-0.4, -0.2) is 12.5 Å². The Bertz CT molecular complexity index is 706. The van der Waals surface area contributed by atoms with Crippen LogP contribution in [0.5, 0.6) is 0 Å². The molecule has 0 saturated carbocycles. The molecule has 1 aliphatic heterocycles. The van der Waals surface area contributed by atoms with Gasteiger partial charge in [0.1, 0.15) is 0 Å². The molecule has 2 unspecified atom stereocenters. The van der Waals surface area contributed by atoms with Crippen LogP contribution in [-0.2, 0) is 4.79 Å². The zero-order chi connectivity index (χ0) is 15.9. The van der Waals surface area contributed by atoms with Gasteiger partial charge >= 0.3 is 0 Å². The lowest BCUT2D eigenvalue weighted by Crippen LogP contribution is -2.27. The van der Waals surface area contributed by atoms with Crippen LogP contribution in [0.3, 0.4) is 0 Å². The molecule has 3 heteroatoms. The number of rotatable bonds is 3. The first-order chi connectivity index (χ1) is 10.5. The number of hydrogen-bond donors (Lipinski definition) is 1. The molecule has 0 bridgehead atoms. The average molecular weight is 294 g/mol. The van der Waals surface area contributed by atoms with Crippen LogP contribution < -0.4 is 10.6 Å². The molecular formula is C19H22N2O. The molecular weight excluding hydrogens is 272 g/mol. The van der Waals surface area contributed by atoms with E-state index in [1.54, 1.807) is 0 Å². The molecule has 2 aromatic rings. The highest BCUT2D eigenvalue weighted by Crippen LogP contribution is 2.38. The summed E-state index contributed by atoms with van der Waals surface area (Å²) in [5.74, 6) is 0.0960. The van der Waals surface area contributed by atoms with Crippen LogP contribution in [0.4, 0.5) is 5.69 Å². The molecule has 1 aliphatic rings. The minimum absolute atomic E-state index is 0.0832. The second kappa shape index (κ2) is 5.58. The molecule has 2 N–H and O–H groups in total. The van der Waals surface area contributed by atoms with Crippen LogP contribution >= 0.6 is 0 Å². The van der Waals surface area contributed by atoms with E-state index in [0.717, 1.165) is 22.4 Å². The van der Waals surface area contributed by atoms with E-state index in [9.17, 15) is 4.79 Å². The molecule has 0 spiro atoms. The highest BCUT2D eigenvalue weighted by Gasteiger charge is 2.33. The Balaban J connectivity index is 1.97. The van der Waals surface area contributed by atoms with Crippen molar-refractivity contribution in [3.05, 3.63) is 64.7 Å². The maximum Gasteiger partial charge on any atom is 0.234 e. The smallest absolute Gasteiger partial charge is 0.234 e. The van der Waals surface area contributed by atoms with Crippen molar-refractivity contribution in [3.63, 3.8) is 0 Å². The quantitative estimate of drug-likeness (QED) is 0.941. The average Bonchev–Trinajstić information content (AvgIpc) is 2.78. The van der Waals surface area contributed by atoms with E-state index in [-0.39, 0.29) is 17.9 Å². The maximum absolute atomic E-state index is 12.3. The van der Waals surface area contributed by atoms with E-state index >= 15 is 0 Å². The van der Waals surface area contributed by atoms with Crippen molar-refractivity contribution in [3.8, 4) is 0 Å². The number of fused-ring (bicyclic) bond motifs is 1. The van der Waals surface area contributed by atoms with Crippen molar-refractivity contribution < 1.29 is 4.79 Å². The summed E-state index contributed by atoms with van der Waals surface area (Å²) in [6, 6.07) is 14.3. The van der Waals surface area contributed by atoms with Crippen molar-refractivity contribution in [1.82, 2.24) is 0 Å². The Hall–Kier alpha value is -2.13. The van der Waals surface area contributed by atoms with Crippen molar-refractivity contribution in [2.75, 3.05) is 11.4 Å². The molecule has 1 heterocycles. The second-order valence-electron chi connectivity index (χ2n) is 6.01. The van der Waals surface area contributed by atoms with Crippen molar-refractivity contribution >= 4 is 11.6 Å². The van der Waals surface area contributed by atoms with Gasteiger partial charge in [-0.25, -0.2) is 0 Å². The lowest BCUT2D eigenvalue weighted by atomic mass is 9.94. The topological polar surface area (TPSA) is 46.3 Å². The number of nitrogens with zero attached hydrogens (tertiary/aromatic N) is 1. The summed E-state index contributed by atoms with van der Waals surface area (Å²) < 4.78 is 0. The number of nitrogens with two attached hydrogens (primary N) is 1. The fourth-order valence-electron chi connectivity index (χ4n) is 3.14. The first-order valence-corrected chi connectivity index (χ1v) is 7.80. The summed E-state index contributed by atoms with van der Waals surface area (Å²) in [4.78, 5) is 14.1. The van der Waals surface area contributed by atoms with Gasteiger partial charge in [0.05, 0.1) is 12.0 Å². The SMILES string of the molecule is CCN1C(=O)C(C)c2cc(C(N)c3ccc(C)cc3)ccc21. The minimum Gasteiger partial charge on any atom is -0.320 e. The first kappa shape index (κ1) is 14.8. The fourth-order valence-corrected chi connectivity index (χ4v) is 3.14. The molecule has 3 rings (SSSR count). The molecule has 3 nitrogen and oxygen atoms in total. The van der Waals surface area contributed by atoms with E-state index < -0.39 is 0 Å². The lowest BCUT2D eigenvalue weighted by Gasteiger charge is -2.17. The van der Waals surface area contributed by atoms with Gasteiger partial charge in [0.15, 0.2) is 0 Å². The molecule has 0 aliphatic carbocycles. The largest absolute Gasteiger partial charge is 0.320 e. The van der Waals surface area contributed by atoms with Gasteiger partial charge in [0, 0.05) is 12.2 Å². The summed E-state index contributed by atoms with van der Waals surface area (Å²) >= 11 is 0. The highest BCUT2D eigenvalue weighted by molar-refractivity contribution is 6.04. The first-order valence-electron chi connectivity index (χ1n) is 7.80. The summed E-state index contributed by atoms with van der Waals surface area (Å²) in [5.41, 5.74) is 11.9. The molecule has 2 atom stereocenters. The molecule has 114 valence electrons. The van der Waals surface area contributed by atoms with Gasteiger partial charge in [-0.15, -0.1) is 0 Å². The molecule has 0 fully saturated rings. The monoisotopic (exact) mass is 294 g/mol. The predicted octanol–water partition coefficient (Wildman–Crippen LogP) is 3.51. The third-order valence-corrected chi connectivity index (χ3v) is 4.56. The highest BCUT2D eigenvalue weighted by atomic mass is 16.2. The van der Waals surface area contributed by atoms with Gasteiger partial charge in [-0.1, -0.05) is 42.0 Å². The third-order valence-electron chi connectivity index (χ3n) is 4.56. The summed E-state index contributed by atoms with van der Waals surface area (Å²) in [5, 5.41) is 0. The van der Waals surface area contributed by atoms with Crippen LogP contribution in [0, 0.1) is 6.92 Å². The number of hydrogen-bond acceptors (Lipinski definition) is 2. The van der Waals surface area contributed by atoms with E-state index in [1.807, 2.05) is 30.9 Å². The van der Waals surface area contributed by atoms with Crippen LogP contribution in [0.25, 0.3) is 0 Å². The summed E-state index contributed by atoms with van der Waals surface area (Å²) in [6.07, 6.45) is 0. The normalized spacial score (nSPS) is 18.5. The van der Waals surface area contributed by atoms with Gasteiger partial charge in [0.25, 0.3) is 0 Å². The van der Waals surface area contributed by atoms with E-state index in [4.69, 9.17) is 5.73 Å². The fraction of sp³-hybridized carbons (Fsp3) is 0.316. The Morgan fingerprint density at radius 3 is 2.41 bits per heavy atom. The molecule has 22 heavy (non-hydrogen) atoms. The van der Waals surface area contributed by atoms with Gasteiger partial charge in [-0.05, 0) is 43.5 Å². The zero-order valence-corrected chi connectivity index (χ0v) is 13.3. The zero-order valence-electron chi connectivity index (χ0n) is 13.3. The molecule has 0 saturated heterocycles. The van der Waals surface area contributed by atoms with Gasteiger partial charge in [-0.3, -0.25) is 4.79 Å². The Morgan fingerprint density at radius 1 is 1.14 bits per heavy atom. The van der Waals surface area contributed by atoms with Crippen molar-refractivity contribution in [1.29, 1.82) is 0 Å². The number of carbonyl (C=O) groups excluding carboxylic acids is 1. The molecule has 2 aromatic carbocycles. The van der Waals surface area contributed by atoms with E-state index in [2.05, 4.69) is 37.3 Å². The van der Waals surface area contributed by atoms with Gasteiger partial charge in [0.2, 0.25) is 5.91 Å². The second-order valence-corrected chi connectivity index (χ2v) is 6.01. The number of amides is 1. The van der Waals surface area contributed by atoms with Crippen molar-refractivity contribution in [2.45, 2.75) is 32.7 Å².